The maximum absolute atomic E-state index is 11.9. The van der Waals surface area contributed by atoms with Crippen LogP contribution in [0.3, 0.4) is 0 Å². The second-order valence-corrected chi connectivity index (χ2v) is 4.66. The number of ether oxygens (including phenoxy) is 1. The zero-order valence-corrected chi connectivity index (χ0v) is 10.7. The zero-order valence-electron chi connectivity index (χ0n) is 10.7. The van der Waals surface area contributed by atoms with Crippen molar-refractivity contribution < 1.29 is 9.53 Å². The third kappa shape index (κ3) is 2.10. The molecule has 1 amide bonds. The standard InChI is InChI=1S/C15H16N2O2/c1-2-9-19-15(18)17-8-7-14-12(10-17)11-5-3-4-6-13(11)16-14/h2-6,16H,1,7-10H2. The lowest BCUT2D eigenvalue weighted by Crippen LogP contribution is -2.36. The van der Waals surface area contributed by atoms with Crippen molar-refractivity contribution in [3.8, 4) is 0 Å². The third-order valence-electron chi connectivity index (χ3n) is 3.47. The molecule has 4 nitrogen and oxygen atoms in total. The largest absolute Gasteiger partial charge is 0.445 e. The summed E-state index contributed by atoms with van der Waals surface area (Å²) in [5.41, 5.74) is 3.57. The number of benzene rings is 1. The van der Waals surface area contributed by atoms with Gasteiger partial charge in [0.15, 0.2) is 0 Å². The molecule has 1 N–H and O–H groups in total. The van der Waals surface area contributed by atoms with Gasteiger partial charge in [0.05, 0.1) is 6.54 Å². The predicted octanol–water partition coefficient (Wildman–Crippen LogP) is 2.85. The second kappa shape index (κ2) is 4.80. The molecule has 4 heteroatoms. The average molecular weight is 256 g/mol. The number of nitrogens with zero attached hydrogens (tertiary/aromatic N) is 1. The number of H-pyrrole nitrogens is 1. The van der Waals surface area contributed by atoms with Crippen molar-refractivity contribution in [3.05, 3.63) is 48.2 Å². The summed E-state index contributed by atoms with van der Waals surface area (Å²) in [5.74, 6) is 0. The van der Waals surface area contributed by atoms with Gasteiger partial charge < -0.3 is 14.6 Å². The van der Waals surface area contributed by atoms with Gasteiger partial charge in [-0.25, -0.2) is 4.79 Å². The van der Waals surface area contributed by atoms with Crippen LogP contribution in [0.15, 0.2) is 36.9 Å². The fourth-order valence-electron chi connectivity index (χ4n) is 2.54. The zero-order chi connectivity index (χ0) is 13.2. The van der Waals surface area contributed by atoms with Crippen molar-refractivity contribution in [1.82, 2.24) is 9.88 Å². The van der Waals surface area contributed by atoms with Crippen molar-refractivity contribution in [2.75, 3.05) is 13.2 Å². The highest BCUT2D eigenvalue weighted by Crippen LogP contribution is 2.27. The fourth-order valence-corrected chi connectivity index (χ4v) is 2.54. The number of amides is 1. The number of fused-ring (bicyclic) bond motifs is 3. The number of aromatic amines is 1. The first-order valence-corrected chi connectivity index (χ1v) is 6.40. The Bertz CT molecular complexity index is 630. The highest BCUT2D eigenvalue weighted by Gasteiger charge is 2.24. The van der Waals surface area contributed by atoms with Crippen molar-refractivity contribution in [3.63, 3.8) is 0 Å². The molecule has 1 aliphatic rings. The van der Waals surface area contributed by atoms with Crippen LogP contribution < -0.4 is 0 Å². The normalized spacial score (nSPS) is 14.2. The van der Waals surface area contributed by atoms with E-state index in [-0.39, 0.29) is 12.7 Å². The van der Waals surface area contributed by atoms with Crippen LogP contribution in [0.25, 0.3) is 10.9 Å². The third-order valence-corrected chi connectivity index (χ3v) is 3.47. The molecule has 1 aliphatic heterocycles. The topological polar surface area (TPSA) is 45.3 Å². The van der Waals surface area contributed by atoms with Crippen LogP contribution in [0.5, 0.6) is 0 Å². The van der Waals surface area contributed by atoms with Gasteiger partial charge in [-0.2, -0.15) is 0 Å². The van der Waals surface area contributed by atoms with Gasteiger partial charge in [-0.15, -0.1) is 0 Å². The van der Waals surface area contributed by atoms with Gasteiger partial charge in [-0.3, -0.25) is 0 Å². The van der Waals surface area contributed by atoms with Crippen LogP contribution in [0, 0.1) is 0 Å². The van der Waals surface area contributed by atoms with Crippen molar-refractivity contribution in [2.24, 2.45) is 0 Å². The van der Waals surface area contributed by atoms with Gasteiger partial charge >= 0.3 is 6.09 Å². The Hall–Kier alpha value is -2.23. The quantitative estimate of drug-likeness (QED) is 0.840. The Morgan fingerprint density at radius 1 is 1.47 bits per heavy atom. The smallest absolute Gasteiger partial charge is 0.410 e. The molecule has 2 aromatic rings. The minimum absolute atomic E-state index is 0.260. The van der Waals surface area contributed by atoms with Gasteiger partial charge in [0.2, 0.25) is 0 Å². The monoisotopic (exact) mass is 256 g/mol. The molecular formula is C15H16N2O2. The molecule has 2 heterocycles. The number of nitrogens with one attached hydrogen (secondary N) is 1. The van der Waals surface area contributed by atoms with E-state index in [1.54, 1.807) is 11.0 Å². The van der Waals surface area contributed by atoms with Crippen LogP contribution in [0.1, 0.15) is 11.3 Å². The van der Waals surface area contributed by atoms with Crippen LogP contribution in [0.4, 0.5) is 4.79 Å². The summed E-state index contributed by atoms with van der Waals surface area (Å²) < 4.78 is 5.09. The number of hydrogen-bond acceptors (Lipinski definition) is 2. The van der Waals surface area contributed by atoms with Crippen LogP contribution in [0.2, 0.25) is 0 Å². The molecule has 0 atom stereocenters. The summed E-state index contributed by atoms with van der Waals surface area (Å²) in [7, 11) is 0. The molecule has 0 radical (unpaired) electrons. The first kappa shape index (κ1) is 11.8. The van der Waals surface area contributed by atoms with Gasteiger partial charge in [0.25, 0.3) is 0 Å². The van der Waals surface area contributed by atoms with Crippen molar-refractivity contribution in [1.29, 1.82) is 0 Å². The van der Waals surface area contributed by atoms with Gasteiger partial charge in [0.1, 0.15) is 6.61 Å². The number of para-hydroxylation sites is 1. The van der Waals surface area contributed by atoms with Gasteiger partial charge in [-0.05, 0) is 6.07 Å². The minimum atomic E-state index is -0.268. The first-order valence-electron chi connectivity index (χ1n) is 6.40. The van der Waals surface area contributed by atoms with Gasteiger partial charge in [0, 0.05) is 35.1 Å². The number of carbonyl (C=O) groups is 1. The Morgan fingerprint density at radius 2 is 2.32 bits per heavy atom. The molecule has 0 spiro atoms. The SMILES string of the molecule is C=CCOC(=O)N1CCc2[nH]c3ccccc3c2C1. The van der Waals surface area contributed by atoms with E-state index in [0.717, 1.165) is 11.9 Å². The van der Waals surface area contributed by atoms with E-state index in [1.165, 1.54) is 16.6 Å². The van der Waals surface area contributed by atoms with E-state index in [9.17, 15) is 4.79 Å². The molecule has 98 valence electrons. The summed E-state index contributed by atoms with van der Waals surface area (Å²) in [5, 5.41) is 1.19. The number of rotatable bonds is 2. The summed E-state index contributed by atoms with van der Waals surface area (Å²) in [4.78, 5) is 17.0. The predicted molar refractivity (Wildman–Crippen MR) is 74.0 cm³/mol. The van der Waals surface area contributed by atoms with Crippen LogP contribution in [-0.2, 0) is 17.7 Å². The average Bonchev–Trinajstić information content (AvgIpc) is 2.82. The molecule has 3 rings (SSSR count). The van der Waals surface area contributed by atoms with E-state index < -0.39 is 0 Å². The summed E-state index contributed by atoms with van der Waals surface area (Å²) in [6, 6.07) is 8.18. The molecule has 0 unspecified atom stereocenters. The summed E-state index contributed by atoms with van der Waals surface area (Å²) in [6.45, 7) is 5.10. The van der Waals surface area contributed by atoms with E-state index in [4.69, 9.17) is 4.74 Å². The molecule has 1 aromatic heterocycles. The summed E-state index contributed by atoms with van der Waals surface area (Å²) in [6.07, 6.45) is 2.16. The lowest BCUT2D eigenvalue weighted by Gasteiger charge is -2.26. The fraction of sp³-hybridized carbons (Fsp3) is 0.267. The Morgan fingerprint density at radius 3 is 3.16 bits per heavy atom. The van der Waals surface area contributed by atoms with E-state index >= 15 is 0 Å². The maximum Gasteiger partial charge on any atom is 0.410 e. The number of aromatic nitrogens is 1. The molecule has 1 aromatic carbocycles. The van der Waals surface area contributed by atoms with E-state index in [2.05, 4.69) is 23.7 Å². The lowest BCUT2D eigenvalue weighted by atomic mass is 10.1. The molecule has 0 aliphatic carbocycles. The van der Waals surface area contributed by atoms with Crippen LogP contribution >= 0.6 is 0 Å². The molecule has 0 fully saturated rings. The second-order valence-electron chi connectivity index (χ2n) is 4.66. The molecule has 0 bridgehead atoms. The maximum atomic E-state index is 11.9. The van der Waals surface area contributed by atoms with Crippen LogP contribution in [-0.4, -0.2) is 29.1 Å². The highest BCUT2D eigenvalue weighted by atomic mass is 16.6. The molecule has 0 saturated heterocycles. The molecule has 0 saturated carbocycles. The first-order chi connectivity index (χ1) is 9.29. The minimum Gasteiger partial charge on any atom is -0.445 e. The van der Waals surface area contributed by atoms with E-state index in [1.807, 2.05) is 12.1 Å². The van der Waals surface area contributed by atoms with Crippen molar-refractivity contribution in [2.45, 2.75) is 13.0 Å². The lowest BCUT2D eigenvalue weighted by molar-refractivity contribution is 0.108. The summed E-state index contributed by atoms with van der Waals surface area (Å²) >= 11 is 0. The van der Waals surface area contributed by atoms with Gasteiger partial charge in [-0.1, -0.05) is 30.9 Å². The number of carbonyl (C=O) groups excluding carboxylic acids is 1. The Labute approximate surface area is 111 Å². The van der Waals surface area contributed by atoms with E-state index in [0.29, 0.717) is 13.1 Å². The Kier molecular flexibility index (Phi) is 2.99. The Balaban J connectivity index is 1.86. The van der Waals surface area contributed by atoms with Crippen molar-refractivity contribution >= 4 is 17.0 Å². The highest BCUT2D eigenvalue weighted by molar-refractivity contribution is 5.85. The molecular weight excluding hydrogens is 240 g/mol. The number of hydrogen-bond donors (Lipinski definition) is 1. The molecule has 19 heavy (non-hydrogen) atoms.